The lowest BCUT2D eigenvalue weighted by atomic mass is 10.1. The lowest BCUT2D eigenvalue weighted by Crippen LogP contribution is -2.25. The molecule has 3 N–H and O–H groups in total. The molecule has 11 rings (SSSR count). The van der Waals surface area contributed by atoms with Gasteiger partial charge in [0.1, 0.15) is 23.2 Å². The summed E-state index contributed by atoms with van der Waals surface area (Å²) in [5.74, 6) is -2.47. The first-order valence-corrected chi connectivity index (χ1v) is 40.8. The molecule has 0 unspecified atom stereocenters. The van der Waals surface area contributed by atoms with Gasteiger partial charge in [-0.05, 0) is 154 Å². The lowest BCUT2D eigenvalue weighted by molar-refractivity contribution is -0.132. The molecule has 3 amide bonds. The molecule has 0 saturated heterocycles. The van der Waals surface area contributed by atoms with Crippen molar-refractivity contribution in [3.63, 3.8) is 0 Å². The molecule has 0 fully saturated rings. The van der Waals surface area contributed by atoms with Crippen molar-refractivity contribution in [1.29, 1.82) is 21.0 Å². The number of fused-ring (bicyclic) bond motifs is 2. The van der Waals surface area contributed by atoms with Gasteiger partial charge in [0, 0.05) is 116 Å². The van der Waals surface area contributed by atoms with Crippen LogP contribution in [0, 0.1) is 113 Å². The van der Waals surface area contributed by atoms with Crippen molar-refractivity contribution in [3.8, 4) is 24.3 Å². The van der Waals surface area contributed by atoms with Gasteiger partial charge in [0.05, 0.1) is 57.2 Å². The Morgan fingerprint density at radius 3 is 1.30 bits per heavy atom. The molecule has 0 atom stereocenters. The van der Waals surface area contributed by atoms with Crippen LogP contribution in [0.25, 0.3) is 39.8 Å². The number of ether oxygens (including phenoxy) is 1. The molecule has 9 aromatic carbocycles. The van der Waals surface area contributed by atoms with Gasteiger partial charge in [-0.2, -0.15) is 10.5 Å². The van der Waals surface area contributed by atoms with Gasteiger partial charge in [-0.1, -0.05) is 198 Å². The van der Waals surface area contributed by atoms with Gasteiger partial charge in [0.15, 0.2) is 33.5 Å². The molecule has 2 aromatic heterocycles. The number of amidine groups is 3. The number of allylic oxidation sites excluding steroid dienone is 1. The number of carbonyl (C=O) groups is 4. The van der Waals surface area contributed by atoms with Gasteiger partial charge >= 0.3 is 17.6 Å². The third-order valence-electron chi connectivity index (χ3n) is 15.6. The number of carbonyl (C=O) groups excluding carboxylic acids is 4. The third kappa shape index (κ3) is 29.1. The fourth-order valence-corrected chi connectivity index (χ4v) is 14.2. The summed E-state index contributed by atoms with van der Waals surface area (Å²) >= 11 is 64.0. The average molecular weight is 1970 g/mol. The Labute approximate surface area is 770 Å². The largest absolute Gasteiger partial charge is 0.464 e. The molecule has 0 spiro atoms. The Morgan fingerprint density at radius 2 is 0.893 bits per heavy atom. The van der Waals surface area contributed by atoms with E-state index in [-0.39, 0.29) is 52.2 Å². The monoisotopic (exact) mass is 1960 g/mol. The number of nitrogens with zero attached hydrogens (tertiary/aromatic N) is 16. The highest BCUT2D eigenvalue weighted by molar-refractivity contribution is 9.11. The van der Waals surface area contributed by atoms with Crippen molar-refractivity contribution in [2.45, 2.75) is 48.5 Å². The number of methoxy groups -OCH3 is 1. The van der Waals surface area contributed by atoms with Gasteiger partial charge in [-0.3, -0.25) is 14.4 Å². The van der Waals surface area contributed by atoms with Gasteiger partial charge < -0.3 is 35.2 Å². The first-order valence-electron chi connectivity index (χ1n) is 34.2. The van der Waals surface area contributed by atoms with Crippen molar-refractivity contribution in [1.82, 2.24) is 15.3 Å². The minimum atomic E-state index is -0.805. The average Bonchev–Trinajstić information content (AvgIpc) is 1.67. The molecule has 0 saturated carbocycles. The van der Waals surface area contributed by atoms with Crippen LogP contribution in [-0.4, -0.2) is 82.5 Å². The maximum Gasteiger partial charge on any atom is 0.367 e. The predicted octanol–water partition coefficient (Wildman–Crippen LogP) is 26.2. The smallest absolute Gasteiger partial charge is 0.367 e. The van der Waals surface area contributed by atoms with E-state index in [4.69, 9.17) is 146 Å². The van der Waals surface area contributed by atoms with Gasteiger partial charge in [0.25, 0.3) is 23.3 Å². The number of nitriles is 4. The number of nitrogens with one attached hydrogen (secondary N) is 3. The van der Waals surface area contributed by atoms with Crippen molar-refractivity contribution < 1.29 is 23.9 Å². The quantitative estimate of drug-likeness (QED) is 0.0320. The Balaban J connectivity index is 0.000000230. The summed E-state index contributed by atoms with van der Waals surface area (Å²) in [6.45, 7) is 39.6. The van der Waals surface area contributed by atoms with E-state index in [1.807, 2.05) is 99.6 Å². The number of rotatable bonds is 13. The summed E-state index contributed by atoms with van der Waals surface area (Å²) in [4.78, 5) is 92.5. The molecule has 37 heteroatoms. The van der Waals surface area contributed by atoms with Crippen LogP contribution in [-0.2, 0) is 23.9 Å². The van der Waals surface area contributed by atoms with E-state index in [0.717, 1.165) is 57.7 Å². The zero-order valence-corrected chi connectivity index (χ0v) is 76.3. The van der Waals surface area contributed by atoms with Crippen LogP contribution in [0.5, 0.6) is 0 Å². The minimum Gasteiger partial charge on any atom is -0.464 e. The van der Waals surface area contributed by atoms with Crippen molar-refractivity contribution >= 4 is 283 Å². The fourth-order valence-electron chi connectivity index (χ4n) is 9.10. The first kappa shape index (κ1) is 98.7. The van der Waals surface area contributed by atoms with Crippen LogP contribution >= 0.6 is 159 Å². The van der Waals surface area contributed by atoms with E-state index in [0.29, 0.717) is 112 Å². The number of benzene rings is 9. The predicted molar refractivity (Wildman–Crippen MR) is 500 cm³/mol. The molecule has 0 aliphatic rings. The second-order valence-corrected chi connectivity index (χ2v) is 31.4. The number of amides is 3. The summed E-state index contributed by atoms with van der Waals surface area (Å²) in [7, 11) is 2.63. The number of thiazole rings is 2. The molecule has 24 nitrogen and oxygen atoms in total. The Morgan fingerprint density at radius 1 is 0.467 bits per heavy atom. The lowest BCUT2D eigenvalue weighted by Gasteiger charge is -2.08. The highest BCUT2D eigenvalue weighted by atomic mass is 79.9. The summed E-state index contributed by atoms with van der Waals surface area (Å²) in [5.41, 5.74) is 10.0. The van der Waals surface area contributed by atoms with Gasteiger partial charge in [-0.15, -0.1) is 37.7 Å². The Hall–Kier alpha value is -12.1. The zero-order chi connectivity index (χ0) is 90.2. The van der Waals surface area contributed by atoms with Crippen LogP contribution < -0.4 is 16.0 Å². The third-order valence-corrected chi connectivity index (χ3v) is 22.9. The second-order valence-electron chi connectivity index (χ2n) is 24.0. The van der Waals surface area contributed by atoms with Crippen LogP contribution in [0.4, 0.5) is 45.5 Å². The molecule has 0 radical (unpaired) electrons. The molecule has 122 heavy (non-hydrogen) atoms. The normalized spacial score (nSPS) is 11.2. The van der Waals surface area contributed by atoms with E-state index in [1.165, 1.54) is 62.0 Å². The molecule has 0 aliphatic heterocycles. The summed E-state index contributed by atoms with van der Waals surface area (Å²) < 4.78 is 8.13. The van der Waals surface area contributed by atoms with Gasteiger partial charge in [-0.25, -0.2) is 45.1 Å². The summed E-state index contributed by atoms with van der Waals surface area (Å²) in [6.07, 6.45) is 1.09. The molecule has 2 heterocycles. The summed E-state index contributed by atoms with van der Waals surface area (Å²) in [5, 5.41) is 48.5. The molecule has 0 aliphatic carbocycles. The Kier molecular flexibility index (Phi) is 39.1. The SMILES string of the molecule is COC(=O)C(C#N)=Nc1cc(Cl)c(C)c(Cl)c1.Cc1c(Cl)cc(N=C(C#N)c2nc3ccccc3s2)cc1Cl.Cc1c(Cl)cc(N=C(C(=O)Nc2ccccc2)c2nc3ccccc3s2)cc1Cl.[C-]#[N+]C(/C=C(/C#N)[N+]#[C-])=Nc1cc(Cl)c(C)c(NC(C)=O)c1.[C-]#[N+]C(=Nc1cc(Br)c(C)c(Br)c1)C(=O)NC.[C-]#[N+]C(C#N)=Nc1cc(Cl)c(C)c(Cl)c1. The number of halogens is 11. The van der Waals surface area contributed by atoms with Crippen LogP contribution in [0.3, 0.4) is 0 Å². The van der Waals surface area contributed by atoms with E-state index in [9.17, 15) is 24.4 Å². The molecule has 0 bridgehead atoms. The number of aliphatic imine (C=N–C) groups is 6. The number of likely N-dealkylation sites (N-methyl/N-ethyl adjacent to an activating group) is 1. The standard InChI is InChI=1S/C22H15Cl2N3OS.C16H9Cl2N3S.C15H10ClN5O.C11H9Br2N3O.C11H8Cl2N2O2.C10H5Cl2N3/c1-13-16(23)11-15(12-17(13)24)25-20(21(28)26-14-7-3-2-4-8-14)22-27-18-9-5-6-10-19(18)29-22;1-9-11(17)6-10(7-12(9)18)20-14(8-19)16-21-13-4-2-3-5-15(13)22-16;1-9-13(16)5-11(6-14(9)20-10(2)22)21-15(19-4)7-12(8-17)18-3;1-6-8(12)4-7(5-9(6)13)16-10(14-2)11(17)15-3;1-6-8(12)3-7(4-9(6)13)15-10(5-14)11(16)17-2;1-6-8(11)3-7(4-9(6)12)15-10(5-13)14-2/h2-12H,1H3,(H,26,28);2-7H,1H3;5-7H,1-2H3,(H,20,22);4-5H,1,3H3,(H,15,17);3-4H,1-2H3;3-4H,1H3/b;;12-7-,21-15?;;;. The molecular formula is C85H56Br2Cl9N19O5S2. The van der Waals surface area contributed by atoms with Crippen LogP contribution in [0.1, 0.15) is 50.3 Å². The Bertz CT molecular complexity index is 6220. The highest BCUT2D eigenvalue weighted by Gasteiger charge is 2.22. The maximum absolute atomic E-state index is 13.1. The number of anilines is 2. The number of para-hydroxylation sites is 3. The first-order chi connectivity index (χ1) is 58.1. The van der Waals surface area contributed by atoms with Crippen LogP contribution in [0.15, 0.2) is 202 Å². The molecule has 610 valence electrons. The van der Waals surface area contributed by atoms with Crippen molar-refractivity contribution in [2.24, 2.45) is 30.0 Å². The second kappa shape index (κ2) is 48.4. The number of esters is 1. The minimum absolute atomic E-state index is 0.124. The van der Waals surface area contributed by atoms with E-state index in [2.05, 4.69) is 118 Å². The van der Waals surface area contributed by atoms with E-state index < -0.39 is 11.9 Å². The number of hydrogen-bond acceptors (Lipinski definition) is 19. The van der Waals surface area contributed by atoms with Crippen LogP contribution in [0.2, 0.25) is 45.2 Å². The maximum atomic E-state index is 13.1. The zero-order valence-electron chi connectivity index (χ0n) is 64.7. The molecule has 11 aromatic rings. The van der Waals surface area contributed by atoms with Crippen molar-refractivity contribution in [2.75, 3.05) is 24.8 Å². The molecular weight excluding hydrogens is 1910 g/mol. The van der Waals surface area contributed by atoms with E-state index in [1.54, 1.807) is 93.6 Å². The van der Waals surface area contributed by atoms with E-state index >= 15 is 0 Å². The fraction of sp³-hybridized carbons (Fsp3) is 0.106. The van der Waals surface area contributed by atoms with Crippen molar-refractivity contribution in [3.05, 3.63) is 307 Å². The van der Waals surface area contributed by atoms with Gasteiger partial charge in [0.2, 0.25) is 11.6 Å². The topological polar surface area (TPSA) is 326 Å². The number of aromatic nitrogens is 2. The number of hydrogen-bond donors (Lipinski definition) is 3. The highest BCUT2D eigenvalue weighted by Crippen LogP contribution is 2.37. The summed E-state index contributed by atoms with van der Waals surface area (Å²) in [6, 6.07) is 51.2.